The Kier molecular flexibility index (Phi) is 22.8. The Morgan fingerprint density at radius 2 is 1.76 bits per heavy atom. The van der Waals surface area contributed by atoms with Crippen LogP contribution in [0.15, 0.2) is 76.7 Å². The highest BCUT2D eigenvalue weighted by molar-refractivity contribution is 5.96. The Labute approximate surface area is 325 Å². The number of aliphatic hydroxyl groups excluding tert-OH is 4. The quantitative estimate of drug-likeness (QED) is 0.0514. The fraction of sp³-hybridized carbons (Fsp3) is 0.674. The molecule has 0 aromatic carbocycles. The first-order chi connectivity index (χ1) is 25.4. The highest BCUT2D eigenvalue weighted by Gasteiger charge is 2.38. The lowest BCUT2D eigenvalue weighted by molar-refractivity contribution is -0.161. The second kappa shape index (κ2) is 25.2. The van der Waals surface area contributed by atoms with Gasteiger partial charge in [0.2, 0.25) is 5.76 Å². The highest BCUT2D eigenvalue weighted by Crippen LogP contribution is 2.30. The number of likely N-dealkylation sites (N-methyl/N-ethyl adjacent to an activating group) is 1. The summed E-state index contributed by atoms with van der Waals surface area (Å²) in [5.74, 6) is -3.10. The predicted molar refractivity (Wildman–Crippen MR) is 217 cm³/mol. The zero-order valence-corrected chi connectivity index (χ0v) is 35.2. The molecule has 11 nitrogen and oxygen atoms in total. The number of nitrogens with zero attached hydrogens (tertiary/aromatic N) is 2. The molecule has 1 aliphatic rings. The number of rotatable bonds is 15. The monoisotopic (exact) mass is 761 g/mol. The van der Waals surface area contributed by atoms with Crippen molar-refractivity contribution in [1.82, 2.24) is 4.90 Å². The SMILES string of the molecule is C/C=C/C(O)C(C)/C=C/C(=N/OCCN(C)C)C(C)C(O)C(C)C1OC(=O)/C(OC)=C/C(C)=C/C(C)C(O)C(CC)C(O)C(C)C/C(C)=C/C=C/C1OC. The number of esters is 1. The molecular formula is C43H72N2O9. The average molecular weight is 761 g/mol. The predicted octanol–water partition coefficient (Wildman–Crippen LogP) is 6.01. The molecule has 12 unspecified atom stereocenters. The molecule has 1 heterocycles. The van der Waals surface area contributed by atoms with Crippen molar-refractivity contribution in [1.29, 1.82) is 0 Å². The van der Waals surface area contributed by atoms with Crippen LogP contribution in [0, 0.1) is 35.5 Å². The van der Waals surface area contributed by atoms with Crippen LogP contribution in [0.25, 0.3) is 0 Å². The van der Waals surface area contributed by atoms with Crippen molar-refractivity contribution in [2.24, 2.45) is 40.7 Å². The van der Waals surface area contributed by atoms with Gasteiger partial charge < -0.3 is 44.4 Å². The van der Waals surface area contributed by atoms with Crippen LogP contribution < -0.4 is 0 Å². The third-order valence-electron chi connectivity index (χ3n) is 10.3. The van der Waals surface area contributed by atoms with E-state index in [9.17, 15) is 25.2 Å². The molecule has 0 bridgehead atoms. The van der Waals surface area contributed by atoms with Crippen LogP contribution >= 0.6 is 0 Å². The van der Waals surface area contributed by atoms with Crippen LogP contribution in [-0.4, -0.2) is 115 Å². The number of carbonyl (C=O) groups is 1. The second-order valence-corrected chi connectivity index (χ2v) is 15.2. The number of carbonyl (C=O) groups excluding carboxylic acids is 1. The lowest BCUT2D eigenvalue weighted by Gasteiger charge is -2.34. The van der Waals surface area contributed by atoms with Crippen LogP contribution in [0.2, 0.25) is 0 Å². The van der Waals surface area contributed by atoms with Gasteiger partial charge >= 0.3 is 5.97 Å². The molecule has 0 aromatic heterocycles. The maximum Gasteiger partial charge on any atom is 0.373 e. The van der Waals surface area contributed by atoms with Gasteiger partial charge in [-0.1, -0.05) is 100 Å². The molecule has 308 valence electrons. The third-order valence-corrected chi connectivity index (χ3v) is 10.3. The van der Waals surface area contributed by atoms with E-state index in [4.69, 9.17) is 19.0 Å². The maximum atomic E-state index is 13.8. The Hall–Kier alpha value is -3.06. The van der Waals surface area contributed by atoms with Crippen LogP contribution in [-0.2, 0) is 23.8 Å². The summed E-state index contributed by atoms with van der Waals surface area (Å²) in [6.45, 7) is 17.9. The molecule has 0 spiro atoms. The average Bonchev–Trinajstić information content (AvgIpc) is 3.12. The number of hydrogen-bond donors (Lipinski definition) is 4. The summed E-state index contributed by atoms with van der Waals surface area (Å²) in [5.41, 5.74) is 2.14. The van der Waals surface area contributed by atoms with Gasteiger partial charge in [-0.3, -0.25) is 0 Å². The minimum absolute atomic E-state index is 0.0604. The van der Waals surface area contributed by atoms with Crippen LogP contribution in [0.4, 0.5) is 0 Å². The lowest BCUT2D eigenvalue weighted by Crippen LogP contribution is -2.45. The number of oxime groups is 1. The molecular weight excluding hydrogens is 688 g/mol. The van der Waals surface area contributed by atoms with E-state index in [-0.39, 0.29) is 29.4 Å². The van der Waals surface area contributed by atoms with E-state index in [0.717, 1.165) is 5.57 Å². The Morgan fingerprint density at radius 3 is 2.33 bits per heavy atom. The molecule has 4 N–H and O–H groups in total. The Morgan fingerprint density at radius 1 is 1.09 bits per heavy atom. The lowest BCUT2D eigenvalue weighted by atomic mass is 9.79. The number of aliphatic hydroxyl groups is 4. The van der Waals surface area contributed by atoms with Crippen molar-refractivity contribution in [3.63, 3.8) is 0 Å². The van der Waals surface area contributed by atoms with Crippen molar-refractivity contribution in [3.8, 4) is 0 Å². The smallest absolute Gasteiger partial charge is 0.373 e. The van der Waals surface area contributed by atoms with E-state index >= 15 is 0 Å². The zero-order chi connectivity index (χ0) is 41.1. The van der Waals surface area contributed by atoms with Gasteiger partial charge in [0.1, 0.15) is 18.8 Å². The molecule has 11 heteroatoms. The van der Waals surface area contributed by atoms with Crippen molar-refractivity contribution in [2.75, 3.05) is 41.5 Å². The number of methoxy groups -OCH3 is 2. The summed E-state index contributed by atoms with van der Waals surface area (Å²) >= 11 is 0. The van der Waals surface area contributed by atoms with Crippen LogP contribution in [0.1, 0.15) is 75.2 Å². The van der Waals surface area contributed by atoms with Crippen molar-refractivity contribution >= 4 is 11.7 Å². The summed E-state index contributed by atoms with van der Waals surface area (Å²) in [4.78, 5) is 21.4. The topological polar surface area (TPSA) is 151 Å². The van der Waals surface area contributed by atoms with Gasteiger partial charge in [-0.25, -0.2) is 4.79 Å². The third kappa shape index (κ3) is 16.0. The molecule has 0 radical (unpaired) electrons. The summed E-state index contributed by atoms with van der Waals surface area (Å²) in [6.07, 6.45) is 12.2. The normalized spacial score (nSPS) is 32.2. The molecule has 0 aliphatic carbocycles. The fourth-order valence-corrected chi connectivity index (χ4v) is 6.64. The standard InChI is InChI=1S/C43H72N2O9/c1-14-17-36(46)29(5)20-21-35(44-53-23-22-45(10)11)32(8)41(49)33(9)42-37(51-12)19-16-18-27(3)24-30(6)39(47)34(15-2)40(48)31(7)25-28(4)26-38(52-13)43(50)54-42/h14,16-21,25-26,29-34,36-37,39-42,46-49H,15,22-24H2,1-13H3/b17-14+,19-16+,21-20+,27-18+,28-25+,38-26-,44-35-. The summed E-state index contributed by atoms with van der Waals surface area (Å²) in [5, 5.41) is 49.4. The van der Waals surface area contributed by atoms with E-state index < -0.39 is 54.4 Å². The molecule has 1 rings (SSSR count). The summed E-state index contributed by atoms with van der Waals surface area (Å²) in [6, 6.07) is 0. The van der Waals surface area contributed by atoms with Gasteiger partial charge in [0.05, 0.1) is 37.2 Å². The van der Waals surface area contributed by atoms with Crippen LogP contribution in [0.5, 0.6) is 0 Å². The van der Waals surface area contributed by atoms with Crippen LogP contribution in [0.3, 0.4) is 0 Å². The molecule has 0 amide bonds. The molecule has 0 aromatic rings. The number of ether oxygens (including phenoxy) is 3. The first-order valence-corrected chi connectivity index (χ1v) is 19.3. The first kappa shape index (κ1) is 49.0. The minimum atomic E-state index is -1.09. The zero-order valence-electron chi connectivity index (χ0n) is 35.2. The van der Waals surface area contributed by atoms with E-state index in [1.54, 1.807) is 37.3 Å². The largest absolute Gasteiger partial charge is 0.490 e. The van der Waals surface area contributed by atoms with Gasteiger partial charge in [0.15, 0.2) is 0 Å². The van der Waals surface area contributed by atoms with E-state index in [2.05, 4.69) is 5.16 Å². The minimum Gasteiger partial charge on any atom is -0.490 e. The first-order valence-electron chi connectivity index (χ1n) is 19.3. The van der Waals surface area contributed by atoms with Crippen molar-refractivity contribution < 1.29 is 44.3 Å². The Bertz CT molecular complexity index is 1330. The van der Waals surface area contributed by atoms with Gasteiger partial charge in [-0.05, 0) is 65.8 Å². The number of allylic oxidation sites excluding steroid dienone is 7. The second-order valence-electron chi connectivity index (χ2n) is 15.2. The van der Waals surface area contributed by atoms with Gasteiger partial charge in [0, 0.05) is 43.2 Å². The van der Waals surface area contributed by atoms with Crippen molar-refractivity contribution in [3.05, 3.63) is 71.6 Å². The summed E-state index contributed by atoms with van der Waals surface area (Å²) in [7, 11) is 6.76. The molecule has 1 aliphatic heterocycles. The summed E-state index contributed by atoms with van der Waals surface area (Å²) < 4.78 is 17.6. The fourth-order valence-electron chi connectivity index (χ4n) is 6.64. The van der Waals surface area contributed by atoms with Crippen molar-refractivity contribution in [2.45, 2.75) is 112 Å². The molecule has 0 fully saturated rings. The molecule has 0 saturated carbocycles. The van der Waals surface area contributed by atoms with E-state index in [1.165, 1.54) is 14.2 Å². The van der Waals surface area contributed by atoms with E-state index in [1.807, 2.05) is 98.7 Å². The maximum absolute atomic E-state index is 13.8. The molecule has 0 saturated heterocycles. The van der Waals surface area contributed by atoms with E-state index in [0.29, 0.717) is 37.3 Å². The molecule has 54 heavy (non-hydrogen) atoms. The van der Waals surface area contributed by atoms with Gasteiger partial charge in [-0.15, -0.1) is 0 Å². The van der Waals surface area contributed by atoms with Gasteiger partial charge in [-0.2, -0.15) is 0 Å². The number of hydrogen-bond acceptors (Lipinski definition) is 11. The van der Waals surface area contributed by atoms with Gasteiger partial charge in [0.25, 0.3) is 0 Å². The number of cyclic esters (lactones) is 1. The molecule has 12 atom stereocenters. The highest BCUT2D eigenvalue weighted by atomic mass is 16.6. The Balaban J connectivity index is 3.74.